The lowest BCUT2D eigenvalue weighted by molar-refractivity contribution is -0.116. The van der Waals surface area contributed by atoms with Crippen molar-refractivity contribution in [2.24, 2.45) is 9.98 Å². The smallest absolute Gasteiger partial charge is 0.273 e. The number of rotatable bonds is 0. The number of nitrogens with zero attached hydrogens (tertiary/aromatic N) is 2. The van der Waals surface area contributed by atoms with Crippen LogP contribution in [0.1, 0.15) is 0 Å². The van der Waals surface area contributed by atoms with Crippen molar-refractivity contribution in [3.05, 3.63) is 35.0 Å². The largest absolute Gasteiger partial charge is 0.394 e. The highest BCUT2D eigenvalue weighted by Gasteiger charge is 2.01. The third-order valence-electron chi connectivity index (χ3n) is 1.51. The molecule has 0 atom stereocenters. The standard InChI is InChI=1S/C8H6N2O.H2O4S/c11-8-5-9-6-3-1-2-4-7(6)10-8;1-5(2,3)4/h1-4H,5H2;(H2,1,2,3,4). The summed E-state index contributed by atoms with van der Waals surface area (Å²) in [7, 11) is -4.67. The highest BCUT2D eigenvalue weighted by Crippen LogP contribution is 1.80. The maximum Gasteiger partial charge on any atom is 0.394 e. The maximum atomic E-state index is 10.8. The minimum Gasteiger partial charge on any atom is -0.273 e. The first-order chi connectivity index (χ1) is 7.36. The average molecular weight is 244 g/mol. The van der Waals surface area contributed by atoms with E-state index >= 15 is 0 Å². The van der Waals surface area contributed by atoms with Gasteiger partial charge in [-0.2, -0.15) is 8.42 Å². The number of hydrogen-bond donors (Lipinski definition) is 2. The fourth-order valence-corrected chi connectivity index (χ4v) is 1.01. The second-order valence-electron chi connectivity index (χ2n) is 2.76. The topological polar surface area (TPSA) is 116 Å². The fraction of sp³-hybridized carbons (Fsp3) is 0.125. The lowest BCUT2D eigenvalue weighted by Crippen LogP contribution is -2.31. The molecule has 8 heteroatoms. The Morgan fingerprint density at radius 1 is 1.12 bits per heavy atom. The number of benzene rings is 1. The molecule has 1 aromatic carbocycles. The normalized spacial score (nSPS) is 13.8. The molecule has 2 rings (SSSR count). The molecule has 0 aromatic heterocycles. The summed E-state index contributed by atoms with van der Waals surface area (Å²) < 4.78 is 31.6. The molecule has 86 valence electrons. The van der Waals surface area contributed by atoms with E-state index in [2.05, 4.69) is 9.98 Å². The summed E-state index contributed by atoms with van der Waals surface area (Å²) in [4.78, 5) is 18.6. The second kappa shape index (κ2) is 4.92. The summed E-state index contributed by atoms with van der Waals surface area (Å²) in [5.41, 5.74) is 0. The highest BCUT2D eigenvalue weighted by atomic mass is 32.3. The van der Waals surface area contributed by atoms with E-state index in [1.165, 1.54) is 0 Å². The Hall–Kier alpha value is -1.64. The molecule has 0 unspecified atom stereocenters. The third-order valence-corrected chi connectivity index (χ3v) is 1.51. The van der Waals surface area contributed by atoms with Gasteiger partial charge in [0.2, 0.25) is 0 Å². The molecular weight excluding hydrogens is 236 g/mol. The van der Waals surface area contributed by atoms with Gasteiger partial charge in [-0.25, -0.2) is 4.99 Å². The SMILES string of the molecule is O=C1CN=c2ccccc2=N1.O=S(=O)(O)O. The van der Waals surface area contributed by atoms with Crippen LogP contribution in [0.5, 0.6) is 0 Å². The lowest BCUT2D eigenvalue weighted by atomic mass is 10.3. The molecule has 1 aliphatic heterocycles. The van der Waals surface area contributed by atoms with Crippen LogP contribution in [0.15, 0.2) is 34.3 Å². The molecule has 0 saturated carbocycles. The molecule has 16 heavy (non-hydrogen) atoms. The molecular formula is C8H8N2O5S. The molecule has 0 fully saturated rings. The van der Waals surface area contributed by atoms with Crippen molar-refractivity contribution in [1.29, 1.82) is 0 Å². The Bertz CT molecular complexity index is 600. The van der Waals surface area contributed by atoms with E-state index in [-0.39, 0.29) is 12.5 Å². The predicted molar refractivity (Wildman–Crippen MR) is 52.8 cm³/mol. The lowest BCUT2D eigenvalue weighted by Gasteiger charge is -1.95. The molecule has 0 bridgehead atoms. The quantitative estimate of drug-likeness (QED) is 0.557. The van der Waals surface area contributed by atoms with Crippen molar-refractivity contribution in [3.8, 4) is 0 Å². The summed E-state index contributed by atoms with van der Waals surface area (Å²) >= 11 is 0. The second-order valence-corrected chi connectivity index (χ2v) is 3.65. The van der Waals surface area contributed by atoms with Crippen molar-refractivity contribution < 1.29 is 22.3 Å². The summed E-state index contributed by atoms with van der Waals surface area (Å²) in [6.45, 7) is 0.191. The van der Waals surface area contributed by atoms with Crippen LogP contribution in [0, 0.1) is 0 Å². The third kappa shape index (κ3) is 4.73. The van der Waals surface area contributed by atoms with Crippen LogP contribution < -0.4 is 10.7 Å². The van der Waals surface area contributed by atoms with Gasteiger partial charge in [0.15, 0.2) is 0 Å². The predicted octanol–water partition coefficient (Wildman–Crippen LogP) is -1.19. The molecule has 0 spiro atoms. The van der Waals surface area contributed by atoms with Gasteiger partial charge in [0.1, 0.15) is 6.54 Å². The van der Waals surface area contributed by atoms with Crippen LogP contribution in [-0.4, -0.2) is 30.0 Å². The minimum atomic E-state index is -4.67. The molecule has 1 aliphatic rings. The van der Waals surface area contributed by atoms with Crippen molar-refractivity contribution in [1.82, 2.24) is 0 Å². The van der Waals surface area contributed by atoms with E-state index in [0.29, 0.717) is 5.36 Å². The molecule has 2 N–H and O–H groups in total. The Morgan fingerprint density at radius 3 is 2.19 bits per heavy atom. The van der Waals surface area contributed by atoms with Crippen molar-refractivity contribution in [2.75, 3.05) is 6.54 Å². The minimum absolute atomic E-state index is 0.163. The van der Waals surface area contributed by atoms with Gasteiger partial charge in [-0.15, -0.1) is 0 Å². The van der Waals surface area contributed by atoms with Gasteiger partial charge in [0, 0.05) is 0 Å². The Kier molecular flexibility index (Phi) is 3.82. The molecule has 0 aliphatic carbocycles. The van der Waals surface area contributed by atoms with Crippen LogP contribution in [0.3, 0.4) is 0 Å². The van der Waals surface area contributed by atoms with Gasteiger partial charge in [-0.05, 0) is 12.1 Å². The zero-order chi connectivity index (χ0) is 12.2. The van der Waals surface area contributed by atoms with E-state index in [4.69, 9.17) is 17.5 Å². The number of fused-ring (bicyclic) bond motifs is 1. The average Bonchev–Trinajstić information content (AvgIpc) is 2.15. The number of amides is 1. The molecule has 1 aromatic rings. The van der Waals surface area contributed by atoms with Crippen molar-refractivity contribution in [2.45, 2.75) is 0 Å². The molecule has 7 nitrogen and oxygen atoms in total. The summed E-state index contributed by atoms with van der Waals surface area (Å²) in [5.74, 6) is -0.163. The number of para-hydroxylation sites is 2. The van der Waals surface area contributed by atoms with Crippen LogP contribution in [-0.2, 0) is 15.2 Å². The van der Waals surface area contributed by atoms with Crippen LogP contribution in [0.4, 0.5) is 0 Å². The van der Waals surface area contributed by atoms with Crippen LogP contribution in [0.25, 0.3) is 0 Å². The zero-order valence-corrected chi connectivity index (χ0v) is 8.75. The molecule has 1 amide bonds. The summed E-state index contributed by atoms with van der Waals surface area (Å²) in [6.07, 6.45) is 0. The van der Waals surface area contributed by atoms with E-state index in [9.17, 15) is 4.79 Å². The highest BCUT2D eigenvalue weighted by molar-refractivity contribution is 7.79. The molecule has 0 radical (unpaired) electrons. The number of carbonyl (C=O) groups excluding carboxylic acids is 1. The van der Waals surface area contributed by atoms with E-state index in [0.717, 1.165) is 5.36 Å². The fourth-order valence-electron chi connectivity index (χ4n) is 1.01. The Balaban J connectivity index is 0.000000221. The zero-order valence-electron chi connectivity index (χ0n) is 7.94. The van der Waals surface area contributed by atoms with Gasteiger partial charge in [0.25, 0.3) is 5.91 Å². The van der Waals surface area contributed by atoms with E-state index in [1.54, 1.807) is 6.07 Å². The van der Waals surface area contributed by atoms with Crippen LogP contribution in [0.2, 0.25) is 0 Å². The Morgan fingerprint density at radius 2 is 1.62 bits per heavy atom. The van der Waals surface area contributed by atoms with E-state index < -0.39 is 10.4 Å². The summed E-state index contributed by atoms with van der Waals surface area (Å²) in [6, 6.07) is 7.37. The van der Waals surface area contributed by atoms with Crippen molar-refractivity contribution >= 4 is 16.3 Å². The van der Waals surface area contributed by atoms with Gasteiger partial charge >= 0.3 is 10.4 Å². The summed E-state index contributed by atoms with van der Waals surface area (Å²) in [5, 5.41) is 1.50. The first-order valence-corrected chi connectivity index (χ1v) is 5.47. The van der Waals surface area contributed by atoms with Gasteiger partial charge < -0.3 is 0 Å². The van der Waals surface area contributed by atoms with Gasteiger partial charge in [0.05, 0.1) is 10.7 Å². The monoisotopic (exact) mass is 244 g/mol. The number of hydrogen-bond acceptors (Lipinski definition) is 4. The molecule has 0 saturated heterocycles. The van der Waals surface area contributed by atoms with Crippen molar-refractivity contribution in [3.63, 3.8) is 0 Å². The number of carbonyl (C=O) groups is 1. The maximum absolute atomic E-state index is 10.8. The molecule has 1 heterocycles. The van der Waals surface area contributed by atoms with Crippen LogP contribution >= 0.6 is 0 Å². The first kappa shape index (κ1) is 12.4. The first-order valence-electron chi connectivity index (χ1n) is 4.07. The van der Waals surface area contributed by atoms with E-state index in [1.807, 2.05) is 18.2 Å². The van der Waals surface area contributed by atoms with Gasteiger partial charge in [-0.1, -0.05) is 12.1 Å². The van der Waals surface area contributed by atoms with Gasteiger partial charge in [-0.3, -0.25) is 18.9 Å². The Labute approximate surface area is 90.7 Å².